The quantitative estimate of drug-likeness (QED) is 0.739. The van der Waals surface area contributed by atoms with Crippen LogP contribution in [0.1, 0.15) is 19.8 Å². The molecular weight excluding hydrogens is 368 g/mol. The lowest BCUT2D eigenvalue weighted by Crippen LogP contribution is -2.50. The lowest BCUT2D eigenvalue weighted by molar-refractivity contribution is -0.136. The predicted octanol–water partition coefficient (Wildman–Crippen LogP) is 2.15. The van der Waals surface area contributed by atoms with Gasteiger partial charge in [-0.05, 0) is 30.9 Å². The maximum absolute atomic E-state index is 12.8. The molecular formula is C19H23ClN4O3. The number of nitrogens with two attached hydrogens (primary N) is 1. The first kappa shape index (κ1) is 19.4. The van der Waals surface area contributed by atoms with Gasteiger partial charge in [-0.2, -0.15) is 0 Å². The molecule has 4 rings (SSSR count). The lowest BCUT2D eigenvalue weighted by Gasteiger charge is -2.38. The van der Waals surface area contributed by atoms with E-state index in [1.807, 2.05) is 18.2 Å². The van der Waals surface area contributed by atoms with Crippen LogP contribution in [0, 0.1) is 5.92 Å². The number of halogens is 1. The number of piperidine rings is 1. The highest BCUT2D eigenvalue weighted by atomic mass is 35.5. The van der Waals surface area contributed by atoms with Crippen LogP contribution in [-0.4, -0.2) is 39.5 Å². The van der Waals surface area contributed by atoms with Gasteiger partial charge in [0.25, 0.3) is 5.56 Å². The minimum absolute atomic E-state index is 0. The van der Waals surface area contributed by atoms with E-state index in [0.717, 1.165) is 18.2 Å². The van der Waals surface area contributed by atoms with E-state index >= 15 is 0 Å². The van der Waals surface area contributed by atoms with Crippen molar-refractivity contribution in [2.75, 3.05) is 13.1 Å². The van der Waals surface area contributed by atoms with Crippen LogP contribution in [0.4, 0.5) is 0 Å². The summed E-state index contributed by atoms with van der Waals surface area (Å²) in [7, 11) is 0. The summed E-state index contributed by atoms with van der Waals surface area (Å²) in [5.41, 5.74) is 6.83. The van der Waals surface area contributed by atoms with Gasteiger partial charge in [0.2, 0.25) is 11.5 Å². The number of para-hydroxylation sites is 1. The van der Waals surface area contributed by atoms with E-state index in [9.17, 15) is 9.59 Å². The SMILES string of the molecule is CC1CCN(C(=O)Cn2cnc3c(oc4ccccc43)c2=O)C(CN)C1.Cl. The molecule has 3 heterocycles. The Labute approximate surface area is 162 Å². The number of likely N-dealkylation sites (tertiary alicyclic amines) is 1. The Hall–Kier alpha value is -2.38. The second kappa shape index (κ2) is 7.70. The van der Waals surface area contributed by atoms with Crippen LogP contribution in [0.15, 0.2) is 39.8 Å². The molecule has 8 heteroatoms. The fourth-order valence-corrected chi connectivity index (χ4v) is 3.77. The average Bonchev–Trinajstić information content (AvgIpc) is 3.03. The van der Waals surface area contributed by atoms with Gasteiger partial charge in [-0.15, -0.1) is 12.4 Å². The maximum atomic E-state index is 12.8. The molecule has 27 heavy (non-hydrogen) atoms. The van der Waals surface area contributed by atoms with Crippen molar-refractivity contribution in [1.29, 1.82) is 0 Å². The number of aromatic nitrogens is 2. The smallest absolute Gasteiger partial charge is 0.297 e. The van der Waals surface area contributed by atoms with Crippen molar-refractivity contribution in [3.05, 3.63) is 40.9 Å². The van der Waals surface area contributed by atoms with Crippen molar-refractivity contribution < 1.29 is 9.21 Å². The van der Waals surface area contributed by atoms with Gasteiger partial charge >= 0.3 is 0 Å². The van der Waals surface area contributed by atoms with Crippen molar-refractivity contribution in [3.8, 4) is 0 Å². The molecule has 1 fully saturated rings. The van der Waals surface area contributed by atoms with Gasteiger partial charge in [0, 0.05) is 24.5 Å². The molecule has 2 unspecified atom stereocenters. The third kappa shape index (κ3) is 3.44. The van der Waals surface area contributed by atoms with Gasteiger partial charge in [0.15, 0.2) is 0 Å². The highest BCUT2D eigenvalue weighted by Gasteiger charge is 2.29. The normalized spacial score (nSPS) is 20.0. The summed E-state index contributed by atoms with van der Waals surface area (Å²) in [6.07, 6.45) is 3.28. The third-order valence-electron chi connectivity index (χ3n) is 5.23. The lowest BCUT2D eigenvalue weighted by atomic mass is 9.92. The minimum Gasteiger partial charge on any atom is -0.448 e. The van der Waals surface area contributed by atoms with E-state index in [1.54, 1.807) is 11.0 Å². The molecule has 1 aromatic carbocycles. The summed E-state index contributed by atoms with van der Waals surface area (Å²) < 4.78 is 6.98. The zero-order chi connectivity index (χ0) is 18.3. The summed E-state index contributed by atoms with van der Waals surface area (Å²) in [5, 5.41) is 0.797. The second-order valence-corrected chi connectivity index (χ2v) is 7.06. The Kier molecular flexibility index (Phi) is 5.53. The molecule has 7 nitrogen and oxygen atoms in total. The Bertz CT molecular complexity index is 1030. The number of fused-ring (bicyclic) bond motifs is 3. The first-order valence-electron chi connectivity index (χ1n) is 8.94. The van der Waals surface area contributed by atoms with Crippen LogP contribution in [0.25, 0.3) is 22.1 Å². The molecule has 0 spiro atoms. The highest BCUT2D eigenvalue weighted by molar-refractivity contribution is 6.01. The molecule has 0 saturated carbocycles. The van der Waals surface area contributed by atoms with E-state index in [-0.39, 0.29) is 42.0 Å². The monoisotopic (exact) mass is 390 g/mol. The number of furan rings is 1. The van der Waals surface area contributed by atoms with Gasteiger partial charge in [-0.25, -0.2) is 4.98 Å². The molecule has 2 atom stereocenters. The minimum atomic E-state index is -0.339. The van der Waals surface area contributed by atoms with Crippen molar-refractivity contribution in [2.45, 2.75) is 32.4 Å². The Morgan fingerprint density at radius 1 is 1.37 bits per heavy atom. The fraction of sp³-hybridized carbons (Fsp3) is 0.421. The number of carbonyl (C=O) groups is 1. The maximum Gasteiger partial charge on any atom is 0.297 e. The summed E-state index contributed by atoms with van der Waals surface area (Å²) in [4.78, 5) is 31.7. The molecule has 0 bridgehead atoms. The van der Waals surface area contributed by atoms with Crippen LogP contribution in [0.5, 0.6) is 0 Å². The highest BCUT2D eigenvalue weighted by Crippen LogP contribution is 2.24. The molecule has 1 amide bonds. The van der Waals surface area contributed by atoms with Crippen molar-refractivity contribution in [1.82, 2.24) is 14.5 Å². The van der Waals surface area contributed by atoms with E-state index < -0.39 is 0 Å². The largest absolute Gasteiger partial charge is 0.448 e. The van der Waals surface area contributed by atoms with E-state index in [4.69, 9.17) is 10.2 Å². The molecule has 1 saturated heterocycles. The topological polar surface area (TPSA) is 94.4 Å². The van der Waals surface area contributed by atoms with Gasteiger partial charge in [-0.1, -0.05) is 19.1 Å². The molecule has 2 N–H and O–H groups in total. The van der Waals surface area contributed by atoms with E-state index in [0.29, 0.717) is 30.1 Å². The predicted molar refractivity (Wildman–Crippen MR) is 106 cm³/mol. The number of hydrogen-bond donors (Lipinski definition) is 1. The number of benzene rings is 1. The Balaban J connectivity index is 0.00000210. The summed E-state index contributed by atoms with van der Waals surface area (Å²) in [5.74, 6) is 0.454. The average molecular weight is 391 g/mol. The Morgan fingerprint density at radius 2 is 2.15 bits per heavy atom. The van der Waals surface area contributed by atoms with Gasteiger partial charge in [-0.3, -0.25) is 14.2 Å². The van der Waals surface area contributed by atoms with Crippen LogP contribution in [0.3, 0.4) is 0 Å². The van der Waals surface area contributed by atoms with Crippen LogP contribution >= 0.6 is 12.4 Å². The van der Waals surface area contributed by atoms with Gasteiger partial charge < -0.3 is 15.1 Å². The summed E-state index contributed by atoms with van der Waals surface area (Å²) in [6, 6.07) is 7.41. The van der Waals surface area contributed by atoms with Crippen LogP contribution in [0.2, 0.25) is 0 Å². The zero-order valence-electron chi connectivity index (χ0n) is 15.1. The van der Waals surface area contributed by atoms with Crippen molar-refractivity contribution in [3.63, 3.8) is 0 Å². The number of hydrogen-bond acceptors (Lipinski definition) is 5. The first-order chi connectivity index (χ1) is 12.6. The molecule has 0 radical (unpaired) electrons. The van der Waals surface area contributed by atoms with E-state index in [1.165, 1.54) is 10.9 Å². The number of amides is 1. The zero-order valence-corrected chi connectivity index (χ0v) is 15.9. The van der Waals surface area contributed by atoms with Crippen LogP contribution < -0.4 is 11.3 Å². The number of rotatable bonds is 3. The van der Waals surface area contributed by atoms with Gasteiger partial charge in [0.1, 0.15) is 17.6 Å². The Morgan fingerprint density at radius 3 is 2.93 bits per heavy atom. The summed E-state index contributed by atoms with van der Waals surface area (Å²) in [6.45, 7) is 3.24. The van der Waals surface area contributed by atoms with Crippen LogP contribution in [-0.2, 0) is 11.3 Å². The second-order valence-electron chi connectivity index (χ2n) is 7.06. The third-order valence-corrected chi connectivity index (χ3v) is 5.23. The molecule has 1 aliphatic rings. The molecule has 3 aromatic rings. The molecule has 1 aliphatic heterocycles. The fourth-order valence-electron chi connectivity index (χ4n) is 3.77. The van der Waals surface area contributed by atoms with E-state index in [2.05, 4.69) is 11.9 Å². The summed E-state index contributed by atoms with van der Waals surface area (Å²) >= 11 is 0. The number of carbonyl (C=O) groups excluding carboxylic acids is 1. The van der Waals surface area contributed by atoms with Crippen molar-refractivity contribution in [2.24, 2.45) is 11.7 Å². The number of nitrogens with zero attached hydrogens (tertiary/aromatic N) is 3. The van der Waals surface area contributed by atoms with Crippen molar-refractivity contribution >= 4 is 40.4 Å². The van der Waals surface area contributed by atoms with Gasteiger partial charge in [0.05, 0.1) is 6.33 Å². The standard InChI is InChI=1S/C19H22N4O3.ClH/c1-12-6-7-23(13(8-12)9-20)16(24)10-22-11-21-17-14-4-2-3-5-15(14)26-18(17)19(22)25;/h2-5,11-13H,6-10,20H2,1H3;1H. The first-order valence-corrected chi connectivity index (χ1v) is 8.94. The molecule has 2 aromatic heterocycles. The molecule has 144 valence electrons. The molecule has 0 aliphatic carbocycles.